The third-order valence-corrected chi connectivity index (χ3v) is 3.83. The quantitative estimate of drug-likeness (QED) is 0.780. The van der Waals surface area contributed by atoms with Gasteiger partial charge in [-0.3, -0.25) is 9.59 Å². The molecule has 0 aromatic heterocycles. The molecule has 1 amide bonds. The molecule has 5 nitrogen and oxygen atoms in total. The van der Waals surface area contributed by atoms with E-state index in [0.29, 0.717) is 11.4 Å². The van der Waals surface area contributed by atoms with E-state index in [1.54, 1.807) is 13.2 Å². The van der Waals surface area contributed by atoms with Gasteiger partial charge in [-0.25, -0.2) is 0 Å². The van der Waals surface area contributed by atoms with Crippen molar-refractivity contribution in [3.8, 4) is 5.75 Å². The lowest BCUT2D eigenvalue weighted by Crippen LogP contribution is -2.25. The summed E-state index contributed by atoms with van der Waals surface area (Å²) in [4.78, 5) is 24.7. The van der Waals surface area contributed by atoms with Crippen molar-refractivity contribution >= 4 is 17.6 Å². The molecule has 144 valence electrons. The summed E-state index contributed by atoms with van der Waals surface area (Å²) >= 11 is 0. The number of carbonyl (C=O) groups excluding carboxylic acids is 2. The first-order valence-corrected chi connectivity index (χ1v) is 8.91. The van der Waals surface area contributed by atoms with Gasteiger partial charge in [-0.05, 0) is 45.4 Å². The van der Waals surface area contributed by atoms with Crippen LogP contribution in [0.25, 0.3) is 0 Å². The van der Waals surface area contributed by atoms with Crippen molar-refractivity contribution in [1.29, 1.82) is 0 Å². The maximum Gasteiger partial charge on any atom is 0.310 e. The minimum atomic E-state index is -0.545. The zero-order valence-corrected chi connectivity index (χ0v) is 16.6. The van der Waals surface area contributed by atoms with Crippen LogP contribution in [-0.2, 0) is 27.2 Å². The number of carbonyl (C=O) groups is 2. The summed E-state index contributed by atoms with van der Waals surface area (Å²) in [7, 11) is 1.59. The van der Waals surface area contributed by atoms with Gasteiger partial charge in [0.05, 0.1) is 20.0 Å². The van der Waals surface area contributed by atoms with E-state index in [1.807, 2.05) is 64.1 Å². The van der Waals surface area contributed by atoms with Gasteiger partial charge >= 0.3 is 5.97 Å². The molecule has 0 radical (unpaired) electrons. The Labute approximate surface area is 160 Å². The first-order chi connectivity index (χ1) is 12.7. The van der Waals surface area contributed by atoms with E-state index in [-0.39, 0.29) is 24.7 Å². The summed E-state index contributed by atoms with van der Waals surface area (Å²) < 4.78 is 10.7. The highest BCUT2D eigenvalue weighted by Crippen LogP contribution is 2.22. The maximum atomic E-state index is 12.5. The lowest BCUT2D eigenvalue weighted by atomic mass is 10.1. The van der Waals surface area contributed by atoms with E-state index in [4.69, 9.17) is 9.47 Å². The number of nitrogens with one attached hydrogen (secondary N) is 1. The van der Waals surface area contributed by atoms with Gasteiger partial charge in [0.2, 0.25) is 5.91 Å². The molecule has 0 bridgehead atoms. The SMILES string of the molecule is COc1ccc(C)cc1CC(=O)Nc1ccccc1CC(=O)OC(C)(C)C. The summed E-state index contributed by atoms with van der Waals surface area (Å²) in [6.07, 6.45) is 0.285. The van der Waals surface area contributed by atoms with Crippen LogP contribution >= 0.6 is 0 Å². The van der Waals surface area contributed by atoms with Crippen LogP contribution in [0.5, 0.6) is 5.75 Å². The summed E-state index contributed by atoms with van der Waals surface area (Å²) in [5, 5.41) is 2.90. The number of aryl methyl sites for hydroxylation is 1. The number of amides is 1. The van der Waals surface area contributed by atoms with Crippen LogP contribution in [0.4, 0.5) is 5.69 Å². The molecule has 0 fully saturated rings. The Morgan fingerprint density at radius 2 is 1.70 bits per heavy atom. The van der Waals surface area contributed by atoms with Crippen LogP contribution in [0.2, 0.25) is 0 Å². The van der Waals surface area contributed by atoms with Crippen LogP contribution in [-0.4, -0.2) is 24.6 Å². The lowest BCUT2D eigenvalue weighted by molar-refractivity contribution is -0.153. The predicted octanol–water partition coefficient (Wildman–Crippen LogP) is 4.07. The molecule has 2 aromatic carbocycles. The fourth-order valence-electron chi connectivity index (χ4n) is 2.74. The minimum Gasteiger partial charge on any atom is -0.496 e. The number of esters is 1. The molecule has 0 unspecified atom stereocenters. The van der Waals surface area contributed by atoms with Gasteiger partial charge in [-0.1, -0.05) is 35.9 Å². The van der Waals surface area contributed by atoms with E-state index < -0.39 is 5.60 Å². The third-order valence-electron chi connectivity index (χ3n) is 3.83. The van der Waals surface area contributed by atoms with Crippen molar-refractivity contribution in [1.82, 2.24) is 0 Å². The largest absolute Gasteiger partial charge is 0.496 e. The fourth-order valence-corrected chi connectivity index (χ4v) is 2.74. The van der Waals surface area contributed by atoms with Gasteiger partial charge in [-0.2, -0.15) is 0 Å². The van der Waals surface area contributed by atoms with Crippen molar-refractivity contribution in [2.75, 3.05) is 12.4 Å². The van der Waals surface area contributed by atoms with E-state index in [0.717, 1.165) is 16.7 Å². The normalized spacial score (nSPS) is 11.0. The molecule has 2 rings (SSSR count). The summed E-state index contributed by atoms with van der Waals surface area (Å²) in [5.74, 6) is 0.179. The molecule has 1 N–H and O–H groups in total. The lowest BCUT2D eigenvalue weighted by Gasteiger charge is -2.20. The van der Waals surface area contributed by atoms with E-state index in [2.05, 4.69) is 5.32 Å². The molecule has 0 saturated carbocycles. The van der Waals surface area contributed by atoms with Crippen molar-refractivity contribution in [2.45, 2.75) is 46.1 Å². The predicted molar refractivity (Wildman–Crippen MR) is 106 cm³/mol. The zero-order valence-electron chi connectivity index (χ0n) is 16.6. The number of methoxy groups -OCH3 is 1. The Morgan fingerprint density at radius 1 is 1.00 bits per heavy atom. The van der Waals surface area contributed by atoms with Gasteiger partial charge in [0.25, 0.3) is 0 Å². The number of hydrogen-bond acceptors (Lipinski definition) is 4. The number of para-hydroxylation sites is 1. The first-order valence-electron chi connectivity index (χ1n) is 8.91. The van der Waals surface area contributed by atoms with Crippen LogP contribution in [0, 0.1) is 6.92 Å². The number of rotatable bonds is 6. The van der Waals surface area contributed by atoms with Gasteiger partial charge in [0, 0.05) is 11.3 Å². The molecular weight excluding hydrogens is 342 g/mol. The molecule has 0 atom stereocenters. The molecular formula is C22H27NO4. The molecule has 5 heteroatoms. The highest BCUT2D eigenvalue weighted by atomic mass is 16.6. The monoisotopic (exact) mass is 369 g/mol. The first kappa shape index (κ1) is 20.5. The second kappa shape index (κ2) is 8.71. The molecule has 0 heterocycles. The van der Waals surface area contributed by atoms with Crippen LogP contribution in [0.3, 0.4) is 0 Å². The maximum absolute atomic E-state index is 12.5. The fraction of sp³-hybridized carbons (Fsp3) is 0.364. The number of anilines is 1. The molecule has 2 aromatic rings. The minimum absolute atomic E-state index is 0.0987. The second-order valence-electron chi connectivity index (χ2n) is 7.46. The van der Waals surface area contributed by atoms with Gasteiger partial charge in [0.1, 0.15) is 11.4 Å². The average molecular weight is 369 g/mol. The van der Waals surface area contributed by atoms with Crippen LogP contribution in [0.1, 0.15) is 37.5 Å². The topological polar surface area (TPSA) is 64.6 Å². The Balaban J connectivity index is 2.10. The van der Waals surface area contributed by atoms with E-state index in [9.17, 15) is 9.59 Å². The van der Waals surface area contributed by atoms with Gasteiger partial charge < -0.3 is 14.8 Å². The average Bonchev–Trinajstić information content (AvgIpc) is 2.55. The Hall–Kier alpha value is -2.82. The number of hydrogen-bond donors (Lipinski definition) is 1. The summed E-state index contributed by atoms with van der Waals surface area (Å²) in [5.41, 5.74) is 2.66. The van der Waals surface area contributed by atoms with E-state index >= 15 is 0 Å². The molecule has 27 heavy (non-hydrogen) atoms. The third kappa shape index (κ3) is 6.44. The van der Waals surface area contributed by atoms with Crippen molar-refractivity contribution in [3.05, 3.63) is 59.2 Å². The zero-order chi connectivity index (χ0) is 20.0. The summed E-state index contributed by atoms with van der Waals surface area (Å²) in [6.45, 7) is 7.45. The number of benzene rings is 2. The number of ether oxygens (including phenoxy) is 2. The van der Waals surface area contributed by atoms with Crippen molar-refractivity contribution < 1.29 is 19.1 Å². The Kier molecular flexibility index (Phi) is 6.61. The van der Waals surface area contributed by atoms with Crippen molar-refractivity contribution in [3.63, 3.8) is 0 Å². The molecule has 0 aliphatic carbocycles. The Morgan fingerprint density at radius 3 is 2.37 bits per heavy atom. The van der Waals surface area contributed by atoms with Crippen LogP contribution < -0.4 is 10.1 Å². The molecule has 0 aliphatic rings. The molecule has 0 aliphatic heterocycles. The smallest absolute Gasteiger partial charge is 0.310 e. The summed E-state index contributed by atoms with van der Waals surface area (Å²) in [6, 6.07) is 13.0. The Bertz CT molecular complexity index is 821. The van der Waals surface area contributed by atoms with Crippen LogP contribution in [0.15, 0.2) is 42.5 Å². The highest BCUT2D eigenvalue weighted by Gasteiger charge is 2.18. The van der Waals surface area contributed by atoms with Gasteiger partial charge in [-0.15, -0.1) is 0 Å². The standard InChI is InChI=1S/C22H27NO4/c1-15-10-11-19(26-5)17(12-15)13-20(24)23-18-9-7-6-8-16(18)14-21(25)27-22(2,3)4/h6-12H,13-14H2,1-5H3,(H,23,24). The molecule has 0 saturated heterocycles. The van der Waals surface area contributed by atoms with E-state index in [1.165, 1.54) is 0 Å². The highest BCUT2D eigenvalue weighted by molar-refractivity contribution is 5.94. The van der Waals surface area contributed by atoms with Crippen molar-refractivity contribution in [2.24, 2.45) is 0 Å². The second-order valence-corrected chi connectivity index (χ2v) is 7.46. The molecule has 0 spiro atoms. The van der Waals surface area contributed by atoms with Gasteiger partial charge in [0.15, 0.2) is 0 Å².